The Balaban J connectivity index is 4.18. The van der Waals surface area contributed by atoms with Gasteiger partial charge in [0, 0.05) is 13.0 Å². The van der Waals surface area contributed by atoms with Crippen molar-refractivity contribution in [1.29, 1.82) is 0 Å². The molecule has 0 spiro atoms. The molecule has 0 heterocycles. The molecule has 0 aliphatic carbocycles. The van der Waals surface area contributed by atoms with Crippen molar-refractivity contribution in [3.63, 3.8) is 0 Å². The highest BCUT2D eigenvalue weighted by atomic mass is 16.6. The number of carbonyl (C=O) groups is 2. The summed E-state index contributed by atoms with van der Waals surface area (Å²) in [4.78, 5) is 24.1. The fourth-order valence-corrected chi connectivity index (χ4v) is 2.70. The highest BCUT2D eigenvalue weighted by Gasteiger charge is 2.34. The van der Waals surface area contributed by atoms with Crippen molar-refractivity contribution >= 4 is 11.8 Å². The fraction of sp³-hybridized carbons (Fsp3) is 0.900. The van der Waals surface area contributed by atoms with Crippen LogP contribution in [0.25, 0.3) is 0 Å². The van der Waals surface area contributed by atoms with Gasteiger partial charge in [-0.2, -0.15) is 0 Å². The van der Waals surface area contributed by atoms with E-state index in [0.717, 1.165) is 19.3 Å². The number of Topliss-reactive ketones (excluding diaryl/α,β-unsaturated/α-hetero) is 1. The average molecular weight is 391 g/mol. The first-order chi connectivity index (χ1) is 13.0. The van der Waals surface area contributed by atoms with Crippen LogP contribution in [-0.2, 0) is 19.1 Å². The van der Waals surface area contributed by atoms with Crippen LogP contribution < -0.4 is 0 Å². The van der Waals surface area contributed by atoms with Gasteiger partial charge in [-0.15, -0.1) is 0 Å². The first kappa shape index (κ1) is 26.0. The van der Waals surface area contributed by atoms with Gasteiger partial charge in [-0.25, -0.2) is 0 Å². The molecule has 0 aromatic heterocycles. The molecule has 0 aromatic rings. The lowest BCUT2D eigenvalue weighted by atomic mass is 10.0. The van der Waals surface area contributed by atoms with Crippen LogP contribution in [0.3, 0.4) is 0 Å². The normalized spacial score (nSPS) is 14.6. The van der Waals surface area contributed by atoms with E-state index < -0.39 is 36.7 Å². The minimum absolute atomic E-state index is 0.149. The average Bonchev–Trinajstić information content (AvgIpc) is 2.67. The van der Waals surface area contributed by atoms with E-state index in [2.05, 4.69) is 6.92 Å². The lowest BCUT2D eigenvalue weighted by Gasteiger charge is -2.24. The van der Waals surface area contributed by atoms with Crippen LogP contribution in [0, 0.1) is 0 Å². The van der Waals surface area contributed by atoms with Crippen molar-refractivity contribution in [1.82, 2.24) is 0 Å². The van der Waals surface area contributed by atoms with Crippen LogP contribution in [0.2, 0.25) is 0 Å². The van der Waals surface area contributed by atoms with Gasteiger partial charge in [-0.3, -0.25) is 9.59 Å². The number of aliphatic hydroxyl groups excluding tert-OH is 3. The number of aliphatic hydroxyl groups is 3. The molecule has 0 saturated heterocycles. The van der Waals surface area contributed by atoms with E-state index in [1.54, 1.807) is 6.92 Å². The standard InChI is InChI=1S/C20H38O7/c1-3-5-6-7-8-9-10-11-12-13-18(24)27-20(17(23)15-26-4-2)19(25)16(22)14-21/h16,19-22,25H,3-15H2,1-2H3/t16-,19+,20+/m1/s1. The number of esters is 1. The molecule has 0 aliphatic rings. The Labute approximate surface area is 163 Å². The third-order valence-corrected chi connectivity index (χ3v) is 4.40. The monoisotopic (exact) mass is 390 g/mol. The number of carbonyl (C=O) groups excluding carboxylic acids is 2. The van der Waals surface area contributed by atoms with Crippen molar-refractivity contribution in [2.75, 3.05) is 19.8 Å². The van der Waals surface area contributed by atoms with Crippen molar-refractivity contribution in [2.24, 2.45) is 0 Å². The van der Waals surface area contributed by atoms with Gasteiger partial charge < -0.3 is 24.8 Å². The quantitative estimate of drug-likeness (QED) is 0.243. The van der Waals surface area contributed by atoms with Gasteiger partial charge in [0.2, 0.25) is 5.78 Å². The summed E-state index contributed by atoms with van der Waals surface area (Å²) in [5.41, 5.74) is 0. The Hall–Kier alpha value is -1.02. The summed E-state index contributed by atoms with van der Waals surface area (Å²) in [6.07, 6.45) is 5.38. The predicted octanol–water partition coefficient (Wildman–Crippen LogP) is 2.14. The summed E-state index contributed by atoms with van der Waals surface area (Å²) in [6, 6.07) is 0. The van der Waals surface area contributed by atoms with E-state index in [1.807, 2.05) is 0 Å². The Morgan fingerprint density at radius 2 is 1.44 bits per heavy atom. The molecule has 160 valence electrons. The topological polar surface area (TPSA) is 113 Å². The second-order valence-electron chi connectivity index (χ2n) is 6.83. The highest BCUT2D eigenvalue weighted by molar-refractivity contribution is 5.87. The maximum atomic E-state index is 12.1. The zero-order valence-electron chi connectivity index (χ0n) is 16.9. The van der Waals surface area contributed by atoms with E-state index in [1.165, 1.54) is 32.1 Å². The van der Waals surface area contributed by atoms with Crippen LogP contribution in [0.4, 0.5) is 0 Å². The van der Waals surface area contributed by atoms with E-state index >= 15 is 0 Å². The van der Waals surface area contributed by atoms with Crippen LogP contribution >= 0.6 is 0 Å². The summed E-state index contributed by atoms with van der Waals surface area (Å²) >= 11 is 0. The van der Waals surface area contributed by atoms with Gasteiger partial charge in [0.1, 0.15) is 18.8 Å². The van der Waals surface area contributed by atoms with Crippen LogP contribution in [-0.4, -0.2) is 65.2 Å². The first-order valence-corrected chi connectivity index (χ1v) is 10.2. The number of hydrogen-bond donors (Lipinski definition) is 3. The van der Waals surface area contributed by atoms with Crippen LogP contribution in [0.15, 0.2) is 0 Å². The molecule has 0 saturated carbocycles. The Morgan fingerprint density at radius 3 is 1.96 bits per heavy atom. The molecule has 0 aliphatic heterocycles. The van der Waals surface area contributed by atoms with Gasteiger partial charge >= 0.3 is 5.97 Å². The van der Waals surface area contributed by atoms with Crippen molar-refractivity contribution in [3.05, 3.63) is 0 Å². The zero-order valence-corrected chi connectivity index (χ0v) is 16.9. The lowest BCUT2D eigenvalue weighted by molar-refractivity contribution is -0.170. The SMILES string of the molecule is CCCCCCCCCCCC(=O)O[C@@H](C(=O)COCC)[C@@H](O)[C@H](O)CO. The molecule has 0 bridgehead atoms. The number of ketones is 1. The van der Waals surface area contributed by atoms with Gasteiger partial charge in [0.25, 0.3) is 0 Å². The lowest BCUT2D eigenvalue weighted by Crippen LogP contribution is -2.47. The Kier molecular flexibility index (Phi) is 16.5. The summed E-state index contributed by atoms with van der Waals surface area (Å²) in [6.45, 7) is 3.12. The minimum Gasteiger partial charge on any atom is -0.451 e. The predicted molar refractivity (Wildman–Crippen MR) is 102 cm³/mol. The summed E-state index contributed by atoms with van der Waals surface area (Å²) in [7, 11) is 0. The molecule has 3 N–H and O–H groups in total. The van der Waals surface area contributed by atoms with Crippen molar-refractivity contribution in [2.45, 2.75) is 96.4 Å². The summed E-state index contributed by atoms with van der Waals surface area (Å²) in [5, 5.41) is 28.5. The number of ether oxygens (including phenoxy) is 2. The molecule has 7 nitrogen and oxygen atoms in total. The molecule has 0 fully saturated rings. The molecule has 0 radical (unpaired) electrons. The van der Waals surface area contributed by atoms with E-state index in [-0.39, 0.29) is 13.0 Å². The second-order valence-corrected chi connectivity index (χ2v) is 6.83. The Morgan fingerprint density at radius 1 is 0.889 bits per heavy atom. The fourth-order valence-electron chi connectivity index (χ4n) is 2.70. The smallest absolute Gasteiger partial charge is 0.306 e. The summed E-state index contributed by atoms with van der Waals surface area (Å²) in [5.74, 6) is -1.24. The van der Waals surface area contributed by atoms with E-state index in [4.69, 9.17) is 14.6 Å². The van der Waals surface area contributed by atoms with Crippen LogP contribution in [0.1, 0.15) is 78.1 Å². The molecule has 0 aromatic carbocycles. The number of rotatable bonds is 18. The molecule has 0 rings (SSSR count). The Bertz CT molecular complexity index is 387. The van der Waals surface area contributed by atoms with Gasteiger partial charge in [0.15, 0.2) is 6.10 Å². The maximum Gasteiger partial charge on any atom is 0.306 e. The minimum atomic E-state index is -1.69. The van der Waals surface area contributed by atoms with Gasteiger partial charge in [-0.05, 0) is 13.3 Å². The molecular formula is C20H38O7. The maximum absolute atomic E-state index is 12.1. The van der Waals surface area contributed by atoms with Crippen molar-refractivity contribution in [3.8, 4) is 0 Å². The second kappa shape index (κ2) is 17.1. The number of unbranched alkanes of at least 4 members (excludes halogenated alkanes) is 8. The van der Waals surface area contributed by atoms with E-state index in [9.17, 15) is 19.8 Å². The number of hydrogen-bond acceptors (Lipinski definition) is 7. The highest BCUT2D eigenvalue weighted by Crippen LogP contribution is 2.13. The van der Waals surface area contributed by atoms with Gasteiger partial charge in [0.05, 0.1) is 6.61 Å². The largest absolute Gasteiger partial charge is 0.451 e. The van der Waals surface area contributed by atoms with Gasteiger partial charge in [-0.1, -0.05) is 58.3 Å². The summed E-state index contributed by atoms with van der Waals surface area (Å²) < 4.78 is 10.1. The van der Waals surface area contributed by atoms with Crippen molar-refractivity contribution < 1.29 is 34.4 Å². The molecule has 27 heavy (non-hydrogen) atoms. The van der Waals surface area contributed by atoms with E-state index in [0.29, 0.717) is 13.0 Å². The molecule has 7 heteroatoms. The molecular weight excluding hydrogens is 352 g/mol. The molecule has 0 unspecified atom stereocenters. The molecule has 3 atom stereocenters. The first-order valence-electron chi connectivity index (χ1n) is 10.2. The third-order valence-electron chi connectivity index (χ3n) is 4.40. The third kappa shape index (κ3) is 12.9. The zero-order chi connectivity index (χ0) is 20.5. The molecule has 0 amide bonds. The van der Waals surface area contributed by atoms with Crippen LogP contribution in [0.5, 0.6) is 0 Å².